The topological polar surface area (TPSA) is 63.7 Å². The van der Waals surface area contributed by atoms with Gasteiger partial charge in [-0.05, 0) is 28.9 Å². The summed E-state index contributed by atoms with van der Waals surface area (Å²) >= 11 is 1.41. The van der Waals surface area contributed by atoms with Gasteiger partial charge in [-0.2, -0.15) is 9.38 Å². The van der Waals surface area contributed by atoms with Gasteiger partial charge in [-0.15, -0.1) is 0 Å². The van der Waals surface area contributed by atoms with Crippen LogP contribution in [0.4, 0.5) is 11.6 Å². The molecule has 22 heavy (non-hydrogen) atoms. The van der Waals surface area contributed by atoms with E-state index in [1.807, 2.05) is 29.5 Å². The van der Waals surface area contributed by atoms with Crippen LogP contribution >= 0.6 is 11.3 Å². The monoisotopic (exact) mass is 314 g/mol. The van der Waals surface area contributed by atoms with Crippen molar-refractivity contribution in [3.63, 3.8) is 0 Å². The third-order valence-electron chi connectivity index (χ3n) is 4.29. The Balaban J connectivity index is 1.81. The van der Waals surface area contributed by atoms with Crippen LogP contribution in [0.1, 0.15) is 23.6 Å². The van der Waals surface area contributed by atoms with Gasteiger partial charge in [-0.3, -0.25) is 0 Å². The molecular weight excluding hydrogens is 300 g/mol. The molecule has 1 atom stereocenters. The molecule has 0 aliphatic heterocycles. The molecule has 2 aromatic heterocycles. The van der Waals surface area contributed by atoms with E-state index in [2.05, 4.69) is 17.1 Å². The molecule has 0 radical (unpaired) electrons. The molecule has 6 nitrogen and oxygen atoms in total. The number of anilines is 1. The van der Waals surface area contributed by atoms with Crippen LogP contribution in [-0.4, -0.2) is 21.4 Å². The standard InChI is InChI=1S/C15H14N4O2S/c1-17(12-7-6-10-4-2-3-5-11(10)12)13-14(19(20)21)18-8-9-22-15(18)16-13/h2-5,8-9,12H,6-7H2,1H3/t12-/m0/s1. The van der Waals surface area contributed by atoms with Crippen molar-refractivity contribution < 1.29 is 4.92 Å². The Hall–Kier alpha value is -2.41. The number of hydrogen-bond donors (Lipinski definition) is 0. The van der Waals surface area contributed by atoms with E-state index in [1.54, 1.807) is 10.6 Å². The van der Waals surface area contributed by atoms with Crippen molar-refractivity contribution in [1.82, 2.24) is 9.38 Å². The summed E-state index contributed by atoms with van der Waals surface area (Å²) in [4.78, 5) is 18.2. The van der Waals surface area contributed by atoms with E-state index < -0.39 is 0 Å². The lowest BCUT2D eigenvalue weighted by Crippen LogP contribution is -2.23. The second-order valence-electron chi connectivity index (χ2n) is 5.44. The highest BCUT2D eigenvalue weighted by molar-refractivity contribution is 7.15. The zero-order valence-corrected chi connectivity index (χ0v) is 12.8. The number of hydrogen-bond acceptors (Lipinski definition) is 5. The van der Waals surface area contributed by atoms with Crippen molar-refractivity contribution in [2.24, 2.45) is 0 Å². The Morgan fingerprint density at radius 2 is 2.27 bits per heavy atom. The number of imidazole rings is 1. The first-order valence-electron chi connectivity index (χ1n) is 7.07. The smallest absolute Gasteiger partial charge is 0.358 e. The van der Waals surface area contributed by atoms with Crippen LogP contribution in [-0.2, 0) is 6.42 Å². The van der Waals surface area contributed by atoms with Gasteiger partial charge in [0.15, 0.2) is 0 Å². The van der Waals surface area contributed by atoms with Crippen LogP contribution in [0.25, 0.3) is 4.96 Å². The van der Waals surface area contributed by atoms with Gasteiger partial charge in [0.1, 0.15) is 6.20 Å². The predicted molar refractivity (Wildman–Crippen MR) is 85.6 cm³/mol. The minimum absolute atomic E-state index is 0.0446. The highest BCUT2D eigenvalue weighted by Gasteiger charge is 2.33. The zero-order valence-electron chi connectivity index (χ0n) is 12.0. The summed E-state index contributed by atoms with van der Waals surface area (Å²) in [6.07, 6.45) is 3.66. The van der Waals surface area contributed by atoms with Crippen molar-refractivity contribution >= 4 is 27.9 Å². The number of nitro groups is 1. The second-order valence-corrected chi connectivity index (χ2v) is 6.31. The van der Waals surface area contributed by atoms with Gasteiger partial charge < -0.3 is 15.0 Å². The lowest BCUT2D eigenvalue weighted by atomic mass is 10.1. The number of benzene rings is 1. The van der Waals surface area contributed by atoms with Crippen LogP contribution in [0, 0.1) is 10.1 Å². The van der Waals surface area contributed by atoms with E-state index in [0.717, 1.165) is 12.8 Å². The maximum absolute atomic E-state index is 11.5. The summed E-state index contributed by atoms with van der Waals surface area (Å²) < 4.78 is 1.55. The van der Waals surface area contributed by atoms with Crippen LogP contribution in [0.15, 0.2) is 35.8 Å². The van der Waals surface area contributed by atoms with E-state index in [9.17, 15) is 10.1 Å². The third-order valence-corrected chi connectivity index (χ3v) is 5.05. The van der Waals surface area contributed by atoms with Crippen molar-refractivity contribution in [3.8, 4) is 0 Å². The van der Waals surface area contributed by atoms with Gasteiger partial charge in [0, 0.05) is 12.4 Å². The fourth-order valence-corrected chi connectivity index (χ4v) is 3.96. The quantitative estimate of drug-likeness (QED) is 0.549. The van der Waals surface area contributed by atoms with Crippen molar-refractivity contribution in [2.45, 2.75) is 18.9 Å². The average molecular weight is 314 g/mol. The molecule has 112 valence electrons. The van der Waals surface area contributed by atoms with Crippen molar-refractivity contribution in [2.75, 3.05) is 11.9 Å². The van der Waals surface area contributed by atoms with Gasteiger partial charge in [0.2, 0.25) is 5.82 Å². The minimum Gasteiger partial charge on any atom is -0.358 e. The van der Waals surface area contributed by atoms with E-state index in [4.69, 9.17) is 0 Å². The molecule has 7 heteroatoms. The van der Waals surface area contributed by atoms with Gasteiger partial charge in [0.05, 0.1) is 6.04 Å². The molecule has 0 spiro atoms. The molecule has 3 aromatic rings. The minimum atomic E-state index is -0.348. The fourth-order valence-electron chi connectivity index (χ4n) is 3.25. The Labute approximate surface area is 130 Å². The molecule has 1 aliphatic carbocycles. The normalized spacial score (nSPS) is 16.9. The van der Waals surface area contributed by atoms with Crippen molar-refractivity contribution in [3.05, 3.63) is 57.1 Å². The number of thiazole rings is 1. The number of nitrogens with zero attached hydrogens (tertiary/aromatic N) is 4. The number of aryl methyl sites for hydroxylation is 1. The largest absolute Gasteiger partial charge is 0.373 e. The molecular formula is C15H14N4O2S. The molecule has 0 bridgehead atoms. The van der Waals surface area contributed by atoms with Crippen LogP contribution in [0.2, 0.25) is 0 Å². The summed E-state index contributed by atoms with van der Waals surface area (Å²) in [5, 5.41) is 13.3. The fraction of sp³-hybridized carbons (Fsp3) is 0.267. The van der Waals surface area contributed by atoms with Crippen LogP contribution in [0.3, 0.4) is 0 Å². The van der Waals surface area contributed by atoms with E-state index in [-0.39, 0.29) is 16.8 Å². The Bertz CT molecular complexity index is 869. The molecule has 2 heterocycles. The molecule has 0 saturated heterocycles. The predicted octanol–water partition coefficient (Wildman–Crippen LogP) is 3.43. The Morgan fingerprint density at radius 1 is 1.45 bits per heavy atom. The van der Waals surface area contributed by atoms with Crippen molar-refractivity contribution in [1.29, 1.82) is 0 Å². The lowest BCUT2D eigenvalue weighted by molar-refractivity contribution is -0.389. The van der Waals surface area contributed by atoms with E-state index >= 15 is 0 Å². The molecule has 1 aromatic carbocycles. The van der Waals surface area contributed by atoms with Gasteiger partial charge >= 0.3 is 5.82 Å². The second kappa shape index (κ2) is 4.81. The number of aromatic nitrogens is 2. The average Bonchev–Trinajstić information content (AvgIpc) is 3.19. The van der Waals surface area contributed by atoms with Gasteiger partial charge in [-0.1, -0.05) is 35.6 Å². The zero-order chi connectivity index (χ0) is 15.3. The van der Waals surface area contributed by atoms with Gasteiger partial charge in [-0.25, -0.2) is 0 Å². The number of fused-ring (bicyclic) bond motifs is 2. The highest BCUT2D eigenvalue weighted by Crippen LogP contribution is 2.40. The summed E-state index contributed by atoms with van der Waals surface area (Å²) in [5.41, 5.74) is 2.57. The van der Waals surface area contributed by atoms with Gasteiger partial charge in [0.25, 0.3) is 4.96 Å². The van der Waals surface area contributed by atoms with E-state index in [0.29, 0.717) is 10.8 Å². The first-order valence-corrected chi connectivity index (χ1v) is 7.95. The molecule has 0 unspecified atom stereocenters. The molecule has 0 N–H and O–H groups in total. The SMILES string of the molecule is CN(c1nc2sccn2c1[N+](=O)[O-])[C@H]1CCc2ccccc21. The third kappa shape index (κ3) is 1.82. The molecule has 4 rings (SSSR count). The van der Waals surface area contributed by atoms with Crippen LogP contribution in [0.5, 0.6) is 0 Å². The summed E-state index contributed by atoms with van der Waals surface area (Å²) in [6, 6.07) is 8.43. The Kier molecular flexibility index (Phi) is 2.90. The molecule has 0 fully saturated rings. The molecule has 1 aliphatic rings. The van der Waals surface area contributed by atoms with Crippen LogP contribution < -0.4 is 4.90 Å². The maximum Gasteiger partial charge on any atom is 0.373 e. The summed E-state index contributed by atoms with van der Waals surface area (Å²) in [6.45, 7) is 0. The van der Waals surface area contributed by atoms with E-state index in [1.165, 1.54) is 22.5 Å². The maximum atomic E-state index is 11.5. The summed E-state index contributed by atoms with van der Waals surface area (Å²) in [7, 11) is 1.90. The highest BCUT2D eigenvalue weighted by atomic mass is 32.1. The first kappa shape index (κ1) is 13.3. The molecule has 0 amide bonds. The first-order chi connectivity index (χ1) is 10.7. The Morgan fingerprint density at radius 3 is 3.09 bits per heavy atom. The summed E-state index contributed by atoms with van der Waals surface area (Å²) in [5.74, 6) is 0.488. The molecule has 0 saturated carbocycles. The number of rotatable bonds is 3. The lowest BCUT2D eigenvalue weighted by Gasteiger charge is -2.24.